The number of hydrogen-bond acceptors (Lipinski definition) is 4. The first-order valence-corrected chi connectivity index (χ1v) is 5.87. The first-order chi connectivity index (χ1) is 7.81. The molecule has 2 rings (SSSR count). The highest BCUT2D eigenvalue weighted by molar-refractivity contribution is 5.51. The van der Waals surface area contributed by atoms with Crippen molar-refractivity contribution in [2.24, 2.45) is 5.73 Å². The van der Waals surface area contributed by atoms with Crippen LogP contribution in [0.4, 0.5) is 5.69 Å². The van der Waals surface area contributed by atoms with Crippen LogP contribution in [0.3, 0.4) is 0 Å². The minimum absolute atomic E-state index is 0.587. The van der Waals surface area contributed by atoms with Crippen molar-refractivity contribution in [2.75, 3.05) is 38.1 Å². The van der Waals surface area contributed by atoms with Crippen LogP contribution in [0.25, 0.3) is 0 Å². The normalized spacial score (nSPS) is 18.5. The third-order valence-corrected chi connectivity index (χ3v) is 3.17. The highest BCUT2D eigenvalue weighted by atomic mass is 15.2. The number of likely N-dealkylation sites (N-methyl/N-ethyl adjacent to an activating group) is 1. The molecule has 1 aromatic heterocycles. The fourth-order valence-electron chi connectivity index (χ4n) is 2.16. The van der Waals surface area contributed by atoms with Gasteiger partial charge in [-0.1, -0.05) is 0 Å². The molecule has 1 aliphatic heterocycles. The maximum absolute atomic E-state index is 5.76. The first kappa shape index (κ1) is 11.4. The zero-order chi connectivity index (χ0) is 11.4. The van der Waals surface area contributed by atoms with E-state index in [1.54, 1.807) is 0 Å². The molecule has 4 nitrogen and oxygen atoms in total. The monoisotopic (exact) mass is 220 g/mol. The topological polar surface area (TPSA) is 45.4 Å². The summed E-state index contributed by atoms with van der Waals surface area (Å²) in [4.78, 5) is 8.98. The van der Waals surface area contributed by atoms with Gasteiger partial charge in [-0.05, 0) is 31.6 Å². The molecule has 0 radical (unpaired) electrons. The Hall–Kier alpha value is -1.13. The molecule has 0 spiro atoms. The van der Waals surface area contributed by atoms with E-state index in [9.17, 15) is 0 Å². The molecule has 0 atom stereocenters. The molecule has 0 aliphatic carbocycles. The van der Waals surface area contributed by atoms with Gasteiger partial charge in [-0.25, -0.2) is 0 Å². The van der Waals surface area contributed by atoms with Gasteiger partial charge >= 0.3 is 0 Å². The molecule has 1 saturated heterocycles. The van der Waals surface area contributed by atoms with Crippen LogP contribution >= 0.6 is 0 Å². The molecular weight excluding hydrogens is 200 g/mol. The van der Waals surface area contributed by atoms with E-state index in [0.29, 0.717) is 6.54 Å². The molecule has 0 unspecified atom stereocenters. The zero-order valence-corrected chi connectivity index (χ0v) is 9.89. The number of nitrogens with zero attached hydrogens (tertiary/aromatic N) is 3. The molecule has 1 aromatic rings. The Morgan fingerprint density at radius 3 is 3.00 bits per heavy atom. The number of anilines is 1. The van der Waals surface area contributed by atoms with Crippen molar-refractivity contribution < 1.29 is 0 Å². The summed E-state index contributed by atoms with van der Waals surface area (Å²) < 4.78 is 0. The third-order valence-electron chi connectivity index (χ3n) is 3.17. The lowest BCUT2D eigenvalue weighted by atomic mass is 10.2. The Labute approximate surface area is 97.1 Å². The van der Waals surface area contributed by atoms with Crippen LogP contribution in [-0.2, 0) is 6.54 Å². The van der Waals surface area contributed by atoms with Crippen molar-refractivity contribution in [1.82, 2.24) is 9.88 Å². The summed E-state index contributed by atoms with van der Waals surface area (Å²) >= 11 is 0. The number of aromatic nitrogens is 1. The summed E-state index contributed by atoms with van der Waals surface area (Å²) in [5.74, 6) is 0. The lowest BCUT2D eigenvalue weighted by molar-refractivity contribution is 0.360. The number of hydrogen-bond donors (Lipinski definition) is 1. The average Bonchev–Trinajstić information content (AvgIpc) is 2.54. The number of nitrogens with two attached hydrogens (primary N) is 1. The van der Waals surface area contributed by atoms with E-state index >= 15 is 0 Å². The molecule has 1 fully saturated rings. The minimum Gasteiger partial charge on any atom is -0.369 e. The minimum atomic E-state index is 0.587. The summed E-state index contributed by atoms with van der Waals surface area (Å²) in [6, 6.07) is 2.02. The lowest BCUT2D eigenvalue weighted by Gasteiger charge is -2.24. The Morgan fingerprint density at radius 2 is 2.19 bits per heavy atom. The Morgan fingerprint density at radius 1 is 1.31 bits per heavy atom. The van der Waals surface area contributed by atoms with E-state index in [2.05, 4.69) is 21.8 Å². The van der Waals surface area contributed by atoms with Crippen molar-refractivity contribution in [1.29, 1.82) is 0 Å². The molecular formula is C12H20N4. The summed E-state index contributed by atoms with van der Waals surface area (Å²) in [5.41, 5.74) is 8.16. The van der Waals surface area contributed by atoms with E-state index in [1.807, 2.05) is 18.5 Å². The Kier molecular flexibility index (Phi) is 3.74. The molecule has 0 saturated carbocycles. The van der Waals surface area contributed by atoms with Crippen LogP contribution in [0.15, 0.2) is 18.5 Å². The van der Waals surface area contributed by atoms with Gasteiger partial charge in [0.2, 0.25) is 0 Å². The smallest absolute Gasteiger partial charge is 0.0598 e. The van der Waals surface area contributed by atoms with Crippen LogP contribution in [0.5, 0.6) is 0 Å². The SMILES string of the molecule is CN1CCCN(c2cnccc2CN)CC1. The van der Waals surface area contributed by atoms with E-state index in [4.69, 9.17) is 5.73 Å². The van der Waals surface area contributed by atoms with Gasteiger partial charge < -0.3 is 15.5 Å². The second kappa shape index (κ2) is 5.27. The molecule has 2 heterocycles. The summed E-state index contributed by atoms with van der Waals surface area (Å²) in [6.45, 7) is 5.04. The van der Waals surface area contributed by atoms with Gasteiger partial charge in [0.15, 0.2) is 0 Å². The van der Waals surface area contributed by atoms with E-state index < -0.39 is 0 Å². The average molecular weight is 220 g/mol. The maximum atomic E-state index is 5.76. The Bertz CT molecular complexity index is 340. The molecule has 0 amide bonds. The fourth-order valence-corrected chi connectivity index (χ4v) is 2.16. The van der Waals surface area contributed by atoms with Crippen LogP contribution in [0.1, 0.15) is 12.0 Å². The van der Waals surface area contributed by atoms with Crippen molar-refractivity contribution in [3.05, 3.63) is 24.0 Å². The second-order valence-electron chi connectivity index (χ2n) is 4.35. The number of rotatable bonds is 2. The molecule has 4 heteroatoms. The quantitative estimate of drug-likeness (QED) is 0.796. The first-order valence-electron chi connectivity index (χ1n) is 5.87. The standard InChI is InChI=1S/C12H20N4/c1-15-5-2-6-16(8-7-15)12-10-14-4-3-11(12)9-13/h3-4,10H,2,5-9,13H2,1H3. The second-order valence-corrected chi connectivity index (χ2v) is 4.35. The van der Waals surface area contributed by atoms with Gasteiger partial charge in [0.05, 0.1) is 11.9 Å². The molecule has 1 aliphatic rings. The predicted octanol–water partition coefficient (Wildman–Crippen LogP) is 0.682. The number of pyridine rings is 1. The predicted molar refractivity (Wildman–Crippen MR) is 66.5 cm³/mol. The van der Waals surface area contributed by atoms with Gasteiger partial charge in [-0.3, -0.25) is 4.98 Å². The van der Waals surface area contributed by atoms with Gasteiger partial charge in [-0.2, -0.15) is 0 Å². The van der Waals surface area contributed by atoms with E-state index in [-0.39, 0.29) is 0 Å². The van der Waals surface area contributed by atoms with Crippen molar-refractivity contribution in [2.45, 2.75) is 13.0 Å². The highest BCUT2D eigenvalue weighted by Crippen LogP contribution is 2.19. The largest absolute Gasteiger partial charge is 0.369 e. The van der Waals surface area contributed by atoms with Crippen LogP contribution in [-0.4, -0.2) is 43.1 Å². The van der Waals surface area contributed by atoms with Crippen LogP contribution in [0.2, 0.25) is 0 Å². The van der Waals surface area contributed by atoms with Gasteiger partial charge in [-0.15, -0.1) is 0 Å². The molecule has 0 bridgehead atoms. The lowest BCUT2D eigenvalue weighted by Crippen LogP contribution is -2.29. The molecule has 0 aromatic carbocycles. The van der Waals surface area contributed by atoms with Crippen molar-refractivity contribution >= 4 is 5.69 Å². The fraction of sp³-hybridized carbons (Fsp3) is 0.583. The van der Waals surface area contributed by atoms with E-state index in [0.717, 1.165) is 19.6 Å². The highest BCUT2D eigenvalue weighted by Gasteiger charge is 2.14. The van der Waals surface area contributed by atoms with Gasteiger partial charge in [0.1, 0.15) is 0 Å². The van der Waals surface area contributed by atoms with Crippen molar-refractivity contribution in [3.8, 4) is 0 Å². The molecule has 88 valence electrons. The molecule has 2 N–H and O–H groups in total. The van der Waals surface area contributed by atoms with Gasteiger partial charge in [0.25, 0.3) is 0 Å². The summed E-state index contributed by atoms with van der Waals surface area (Å²) in [5, 5.41) is 0. The van der Waals surface area contributed by atoms with Crippen LogP contribution < -0.4 is 10.6 Å². The van der Waals surface area contributed by atoms with E-state index in [1.165, 1.54) is 24.2 Å². The molecule has 16 heavy (non-hydrogen) atoms. The Balaban J connectivity index is 2.16. The summed E-state index contributed by atoms with van der Waals surface area (Å²) in [7, 11) is 2.18. The zero-order valence-electron chi connectivity index (χ0n) is 9.89. The maximum Gasteiger partial charge on any atom is 0.0598 e. The van der Waals surface area contributed by atoms with Crippen LogP contribution in [0, 0.1) is 0 Å². The summed E-state index contributed by atoms with van der Waals surface area (Å²) in [6.07, 6.45) is 4.96. The third kappa shape index (κ3) is 2.51. The van der Waals surface area contributed by atoms with Crippen molar-refractivity contribution in [3.63, 3.8) is 0 Å². The van der Waals surface area contributed by atoms with Gasteiger partial charge in [0, 0.05) is 32.4 Å².